The Balaban J connectivity index is 1.66. The highest BCUT2D eigenvalue weighted by Gasteiger charge is 2.36. The van der Waals surface area contributed by atoms with Crippen LogP contribution in [0.2, 0.25) is 5.02 Å². The predicted octanol–water partition coefficient (Wildman–Crippen LogP) is 3.51. The third kappa shape index (κ3) is 5.40. The SMILES string of the molecule is COCCNS(=O)(=O)c1ccc(C(=O)NCC2(c3ccc(Cl)cc3)CCCC2)cc1. The number of hydrogen-bond donors (Lipinski definition) is 2. The molecule has 0 bridgehead atoms. The molecule has 0 unspecified atom stereocenters. The second-order valence-corrected chi connectivity index (χ2v) is 9.80. The number of halogens is 1. The fraction of sp³-hybridized carbons (Fsp3) is 0.409. The third-order valence-corrected chi connectivity index (χ3v) is 7.36. The van der Waals surface area contributed by atoms with Crippen molar-refractivity contribution in [1.29, 1.82) is 0 Å². The van der Waals surface area contributed by atoms with E-state index in [1.165, 1.54) is 36.9 Å². The normalized spacial score (nSPS) is 15.8. The molecule has 0 saturated heterocycles. The third-order valence-electron chi connectivity index (χ3n) is 5.63. The Kier molecular flexibility index (Phi) is 7.52. The van der Waals surface area contributed by atoms with Crippen molar-refractivity contribution in [1.82, 2.24) is 10.0 Å². The average molecular weight is 451 g/mol. The van der Waals surface area contributed by atoms with Crippen molar-refractivity contribution in [2.45, 2.75) is 36.0 Å². The van der Waals surface area contributed by atoms with Crippen LogP contribution >= 0.6 is 11.6 Å². The monoisotopic (exact) mass is 450 g/mol. The number of rotatable bonds is 9. The molecule has 2 N–H and O–H groups in total. The van der Waals surface area contributed by atoms with Gasteiger partial charge in [0.15, 0.2) is 0 Å². The number of sulfonamides is 1. The summed E-state index contributed by atoms with van der Waals surface area (Å²) in [6.45, 7) is 1.01. The first-order valence-corrected chi connectivity index (χ1v) is 11.9. The minimum absolute atomic E-state index is 0.0885. The maximum Gasteiger partial charge on any atom is 0.251 e. The number of nitrogens with one attached hydrogen (secondary N) is 2. The highest BCUT2D eigenvalue weighted by atomic mass is 35.5. The Labute approximate surface area is 183 Å². The van der Waals surface area contributed by atoms with Crippen LogP contribution < -0.4 is 10.0 Å². The predicted molar refractivity (Wildman–Crippen MR) is 117 cm³/mol. The van der Waals surface area contributed by atoms with Gasteiger partial charge >= 0.3 is 0 Å². The summed E-state index contributed by atoms with van der Waals surface area (Å²) in [6, 6.07) is 13.8. The minimum atomic E-state index is -3.62. The standard InChI is InChI=1S/C22H27ClN2O4S/c1-29-15-14-25-30(27,28)20-10-4-17(5-11-20)21(26)24-16-22(12-2-3-13-22)18-6-8-19(23)9-7-18/h4-11,25H,2-3,12-16H2,1H3,(H,24,26). The Morgan fingerprint density at radius 2 is 1.70 bits per heavy atom. The Morgan fingerprint density at radius 1 is 1.07 bits per heavy atom. The smallest absolute Gasteiger partial charge is 0.251 e. The molecule has 1 fully saturated rings. The molecule has 0 atom stereocenters. The molecule has 2 aromatic rings. The van der Waals surface area contributed by atoms with E-state index < -0.39 is 10.0 Å². The zero-order valence-corrected chi connectivity index (χ0v) is 18.6. The molecule has 0 aliphatic heterocycles. The highest BCUT2D eigenvalue weighted by Crippen LogP contribution is 2.41. The van der Waals surface area contributed by atoms with Gasteiger partial charge in [0.25, 0.3) is 5.91 Å². The summed E-state index contributed by atoms with van der Waals surface area (Å²) in [5, 5.41) is 3.74. The van der Waals surface area contributed by atoms with Gasteiger partial charge in [-0.15, -0.1) is 0 Å². The fourth-order valence-corrected chi connectivity index (χ4v) is 5.06. The van der Waals surface area contributed by atoms with E-state index in [1.807, 2.05) is 24.3 Å². The molecule has 1 saturated carbocycles. The molecule has 0 radical (unpaired) electrons. The lowest BCUT2D eigenvalue weighted by molar-refractivity contribution is 0.0943. The maximum atomic E-state index is 12.7. The Hall–Kier alpha value is -1.93. The lowest BCUT2D eigenvalue weighted by Gasteiger charge is -2.30. The lowest BCUT2D eigenvalue weighted by Crippen LogP contribution is -2.39. The van der Waals surface area contributed by atoms with Crippen LogP contribution in [-0.4, -0.2) is 41.1 Å². The van der Waals surface area contributed by atoms with Crippen molar-refractivity contribution in [3.05, 3.63) is 64.7 Å². The first-order chi connectivity index (χ1) is 14.4. The van der Waals surface area contributed by atoms with Crippen LogP contribution in [0.5, 0.6) is 0 Å². The van der Waals surface area contributed by atoms with Gasteiger partial charge in [0.05, 0.1) is 11.5 Å². The van der Waals surface area contributed by atoms with Crippen LogP contribution in [0.1, 0.15) is 41.6 Å². The zero-order valence-electron chi connectivity index (χ0n) is 17.0. The van der Waals surface area contributed by atoms with Gasteiger partial charge in [0.1, 0.15) is 0 Å². The van der Waals surface area contributed by atoms with Crippen molar-refractivity contribution in [3.63, 3.8) is 0 Å². The maximum absolute atomic E-state index is 12.7. The second-order valence-electron chi connectivity index (χ2n) is 7.59. The van der Waals surface area contributed by atoms with E-state index in [0.717, 1.165) is 25.7 Å². The van der Waals surface area contributed by atoms with E-state index >= 15 is 0 Å². The molecule has 6 nitrogen and oxygen atoms in total. The summed E-state index contributed by atoms with van der Waals surface area (Å²) in [6.07, 6.45) is 4.28. The minimum Gasteiger partial charge on any atom is -0.383 e. The van der Waals surface area contributed by atoms with Crippen LogP contribution in [0.25, 0.3) is 0 Å². The van der Waals surface area contributed by atoms with Crippen molar-refractivity contribution in [3.8, 4) is 0 Å². The van der Waals surface area contributed by atoms with Gasteiger partial charge in [-0.2, -0.15) is 0 Å². The van der Waals surface area contributed by atoms with Gasteiger partial charge in [-0.1, -0.05) is 36.6 Å². The second kappa shape index (κ2) is 9.92. The molecule has 1 aliphatic carbocycles. The van der Waals surface area contributed by atoms with Crippen LogP contribution in [0.4, 0.5) is 0 Å². The van der Waals surface area contributed by atoms with Crippen LogP contribution in [0.3, 0.4) is 0 Å². The van der Waals surface area contributed by atoms with Crippen LogP contribution in [0.15, 0.2) is 53.4 Å². The zero-order chi connectivity index (χ0) is 21.6. The largest absolute Gasteiger partial charge is 0.383 e. The number of carbonyl (C=O) groups is 1. The fourth-order valence-electron chi connectivity index (χ4n) is 3.92. The first-order valence-electron chi connectivity index (χ1n) is 9.99. The topological polar surface area (TPSA) is 84.5 Å². The van der Waals surface area contributed by atoms with Gasteiger partial charge in [0, 0.05) is 36.2 Å². The van der Waals surface area contributed by atoms with Crippen molar-refractivity contribution in [2.24, 2.45) is 0 Å². The number of ether oxygens (including phenoxy) is 1. The van der Waals surface area contributed by atoms with E-state index in [4.69, 9.17) is 16.3 Å². The summed E-state index contributed by atoms with van der Waals surface area (Å²) in [5.41, 5.74) is 1.53. The van der Waals surface area contributed by atoms with Crippen LogP contribution in [0, 0.1) is 0 Å². The van der Waals surface area contributed by atoms with Gasteiger partial charge in [-0.3, -0.25) is 4.79 Å². The molecule has 0 heterocycles. The number of carbonyl (C=O) groups excluding carboxylic acids is 1. The van der Waals surface area contributed by atoms with E-state index in [-0.39, 0.29) is 29.4 Å². The molecule has 162 valence electrons. The van der Waals surface area contributed by atoms with E-state index in [9.17, 15) is 13.2 Å². The van der Waals surface area contributed by atoms with Crippen molar-refractivity contribution in [2.75, 3.05) is 26.8 Å². The number of amides is 1. The van der Waals surface area contributed by atoms with Gasteiger partial charge in [-0.25, -0.2) is 13.1 Å². The molecule has 2 aromatic carbocycles. The van der Waals surface area contributed by atoms with Crippen molar-refractivity contribution < 1.29 is 17.9 Å². The molecular weight excluding hydrogens is 424 g/mol. The summed E-state index contributed by atoms with van der Waals surface area (Å²) in [5.74, 6) is -0.216. The molecule has 1 aliphatic rings. The average Bonchev–Trinajstić information content (AvgIpc) is 3.23. The van der Waals surface area contributed by atoms with Crippen LogP contribution in [-0.2, 0) is 20.2 Å². The quantitative estimate of drug-likeness (QED) is 0.572. The Morgan fingerprint density at radius 3 is 2.30 bits per heavy atom. The Bertz CT molecular complexity index is 954. The molecule has 30 heavy (non-hydrogen) atoms. The molecule has 8 heteroatoms. The summed E-state index contributed by atoms with van der Waals surface area (Å²) in [7, 11) is -2.12. The lowest BCUT2D eigenvalue weighted by atomic mass is 9.79. The molecule has 0 spiro atoms. The number of methoxy groups -OCH3 is 1. The van der Waals surface area contributed by atoms with Gasteiger partial charge < -0.3 is 10.1 Å². The molecule has 1 amide bonds. The van der Waals surface area contributed by atoms with Gasteiger partial charge in [0.2, 0.25) is 10.0 Å². The number of benzene rings is 2. The van der Waals surface area contributed by atoms with Gasteiger partial charge in [-0.05, 0) is 54.8 Å². The molecule has 0 aromatic heterocycles. The summed E-state index contributed by atoms with van der Waals surface area (Å²) < 4.78 is 31.8. The van der Waals surface area contributed by atoms with E-state index in [2.05, 4.69) is 10.0 Å². The first kappa shape index (κ1) is 22.7. The summed E-state index contributed by atoms with van der Waals surface area (Å²) in [4.78, 5) is 12.8. The summed E-state index contributed by atoms with van der Waals surface area (Å²) >= 11 is 6.03. The molecular formula is C22H27ClN2O4S. The van der Waals surface area contributed by atoms with E-state index in [1.54, 1.807) is 0 Å². The molecule has 3 rings (SSSR count). The highest BCUT2D eigenvalue weighted by molar-refractivity contribution is 7.89. The van der Waals surface area contributed by atoms with Crippen molar-refractivity contribution >= 4 is 27.5 Å². The van der Waals surface area contributed by atoms with E-state index in [0.29, 0.717) is 17.1 Å². The number of hydrogen-bond acceptors (Lipinski definition) is 4.